The van der Waals surface area contributed by atoms with Crippen LogP contribution in [0.25, 0.3) is 0 Å². The molecule has 0 aliphatic heterocycles. The van der Waals surface area contributed by atoms with Gasteiger partial charge in [0.15, 0.2) is 0 Å². The van der Waals surface area contributed by atoms with Crippen molar-refractivity contribution in [2.45, 2.75) is 35.6 Å². The van der Waals surface area contributed by atoms with Gasteiger partial charge in [-0.2, -0.15) is 26.3 Å². The van der Waals surface area contributed by atoms with Crippen molar-refractivity contribution in [3.05, 3.63) is 114 Å². The molecule has 4 aromatic rings. The summed E-state index contributed by atoms with van der Waals surface area (Å²) in [7, 11) is 0. The zero-order valence-electron chi connectivity index (χ0n) is 22.3. The van der Waals surface area contributed by atoms with Crippen molar-refractivity contribution in [1.29, 1.82) is 0 Å². The van der Waals surface area contributed by atoms with Crippen LogP contribution in [0.1, 0.15) is 22.8 Å². The van der Waals surface area contributed by atoms with Crippen LogP contribution in [0.4, 0.5) is 45.2 Å². The molecule has 0 spiro atoms. The van der Waals surface area contributed by atoms with Crippen molar-refractivity contribution in [3.8, 4) is 17.2 Å². The number of rotatable bonds is 10. The van der Waals surface area contributed by atoms with Gasteiger partial charge in [0.2, 0.25) is 0 Å². The van der Waals surface area contributed by atoms with Gasteiger partial charge in [0.05, 0.1) is 11.7 Å². The summed E-state index contributed by atoms with van der Waals surface area (Å²) in [5, 5.41) is 10.9. The number of nitrogens with zero attached hydrogens (tertiary/aromatic N) is 1. The lowest BCUT2D eigenvalue weighted by atomic mass is 10.1. The summed E-state index contributed by atoms with van der Waals surface area (Å²) in [6, 6.07) is 20.5. The Bertz CT molecular complexity index is 1540. The summed E-state index contributed by atoms with van der Waals surface area (Å²) in [6.45, 7) is -0.220. The third-order valence-electron chi connectivity index (χ3n) is 5.98. The number of thioether (sulfide) groups is 1. The molecular weight excluding hydrogens is 625 g/mol. The highest BCUT2D eigenvalue weighted by Gasteiger charge is 2.32. The fraction of sp³-hybridized carbons (Fsp3) is 0.200. The lowest BCUT2D eigenvalue weighted by Crippen LogP contribution is -2.28. The molecule has 0 bridgehead atoms. The fourth-order valence-electron chi connectivity index (χ4n) is 4.15. The molecule has 1 atom stereocenters. The lowest BCUT2D eigenvalue weighted by molar-refractivity contribution is -0.274. The van der Waals surface area contributed by atoms with E-state index in [0.717, 1.165) is 36.4 Å². The van der Waals surface area contributed by atoms with E-state index in [1.807, 2.05) is 0 Å². The second-order valence-electron chi connectivity index (χ2n) is 9.33. The van der Waals surface area contributed by atoms with Crippen LogP contribution in [0.5, 0.6) is 17.2 Å². The standard InChI is InChI=1S/C30H22F9NO3S/c31-28(32,33)21-12-10-20(11-13-21)27(41)18-40(17-19-4-1-9-26(14-19)44-30(37,38)39)22-5-2-6-23(15-22)42-24-7-3-8-25(16-24)43-29(34,35)36/h1-16,27,41H,17-18H2. The van der Waals surface area contributed by atoms with Gasteiger partial charge in [-0.15, -0.1) is 13.2 Å². The number of anilines is 1. The van der Waals surface area contributed by atoms with Crippen LogP contribution in [-0.2, 0) is 12.7 Å². The SMILES string of the molecule is OC(CN(Cc1cccc(SC(F)(F)F)c1)c1cccc(Oc2cccc(OC(F)(F)F)c2)c1)c1ccc(C(F)(F)F)cc1. The number of hydrogen-bond donors (Lipinski definition) is 1. The highest BCUT2D eigenvalue weighted by molar-refractivity contribution is 8.00. The van der Waals surface area contributed by atoms with Crippen molar-refractivity contribution in [2.75, 3.05) is 11.4 Å². The van der Waals surface area contributed by atoms with Crippen molar-refractivity contribution < 1.29 is 54.1 Å². The van der Waals surface area contributed by atoms with E-state index in [2.05, 4.69) is 4.74 Å². The number of ether oxygens (including phenoxy) is 2. The van der Waals surface area contributed by atoms with Crippen molar-refractivity contribution in [2.24, 2.45) is 0 Å². The van der Waals surface area contributed by atoms with Crippen LogP contribution in [0.15, 0.2) is 102 Å². The average Bonchev–Trinajstić information content (AvgIpc) is 2.91. The molecule has 1 unspecified atom stereocenters. The summed E-state index contributed by atoms with van der Waals surface area (Å²) in [5.74, 6) is -0.330. The van der Waals surface area contributed by atoms with Gasteiger partial charge in [-0.25, -0.2) is 0 Å². The van der Waals surface area contributed by atoms with Crippen LogP contribution in [0.3, 0.4) is 0 Å². The Balaban J connectivity index is 1.62. The third-order valence-corrected chi connectivity index (χ3v) is 6.70. The highest BCUT2D eigenvalue weighted by atomic mass is 32.2. The third kappa shape index (κ3) is 10.0. The molecule has 0 saturated carbocycles. The van der Waals surface area contributed by atoms with Gasteiger partial charge < -0.3 is 19.5 Å². The smallest absolute Gasteiger partial charge is 0.457 e. The van der Waals surface area contributed by atoms with Crippen molar-refractivity contribution in [1.82, 2.24) is 0 Å². The van der Waals surface area contributed by atoms with Gasteiger partial charge in [-0.1, -0.05) is 36.4 Å². The quantitative estimate of drug-likeness (QED) is 0.137. The Morgan fingerprint density at radius 2 is 1.32 bits per heavy atom. The molecule has 0 fully saturated rings. The van der Waals surface area contributed by atoms with Crippen LogP contribution in [-0.4, -0.2) is 23.5 Å². The van der Waals surface area contributed by atoms with E-state index in [1.165, 1.54) is 42.5 Å². The number of benzene rings is 4. The minimum absolute atomic E-state index is 0.0112. The molecule has 4 aromatic carbocycles. The minimum atomic E-state index is -4.91. The second kappa shape index (κ2) is 13.3. The molecule has 0 aliphatic carbocycles. The summed E-state index contributed by atoms with van der Waals surface area (Å²) in [4.78, 5) is 1.51. The molecule has 0 aromatic heterocycles. The first kappa shape index (κ1) is 32.9. The van der Waals surface area contributed by atoms with E-state index < -0.39 is 35.5 Å². The predicted molar refractivity (Wildman–Crippen MR) is 145 cm³/mol. The first-order valence-corrected chi connectivity index (χ1v) is 13.4. The lowest BCUT2D eigenvalue weighted by Gasteiger charge is -2.28. The summed E-state index contributed by atoms with van der Waals surface area (Å²) >= 11 is -0.300. The Labute approximate surface area is 249 Å². The molecule has 14 heteroatoms. The molecule has 234 valence electrons. The molecule has 0 radical (unpaired) electrons. The van der Waals surface area contributed by atoms with Crippen LogP contribution >= 0.6 is 11.8 Å². The maximum absolute atomic E-state index is 13.0. The molecule has 0 saturated heterocycles. The Morgan fingerprint density at radius 1 is 0.705 bits per heavy atom. The Kier molecular flexibility index (Phi) is 9.94. The minimum Gasteiger partial charge on any atom is -0.457 e. The van der Waals surface area contributed by atoms with E-state index in [4.69, 9.17) is 4.74 Å². The van der Waals surface area contributed by atoms with Gasteiger partial charge in [-0.05, 0) is 71.4 Å². The first-order chi connectivity index (χ1) is 20.5. The van der Waals surface area contributed by atoms with Crippen molar-refractivity contribution >= 4 is 17.4 Å². The number of aliphatic hydroxyl groups is 1. The van der Waals surface area contributed by atoms with Gasteiger partial charge in [0.25, 0.3) is 0 Å². The zero-order chi connectivity index (χ0) is 32.1. The van der Waals surface area contributed by atoms with E-state index in [0.29, 0.717) is 11.3 Å². The number of halogens is 9. The molecule has 4 rings (SSSR count). The van der Waals surface area contributed by atoms with Gasteiger partial charge in [0, 0.05) is 35.8 Å². The normalized spacial score (nSPS) is 13.0. The molecule has 1 N–H and O–H groups in total. The highest BCUT2D eigenvalue weighted by Crippen LogP contribution is 2.38. The van der Waals surface area contributed by atoms with Gasteiger partial charge >= 0.3 is 18.0 Å². The van der Waals surface area contributed by atoms with E-state index in [-0.39, 0.29) is 46.8 Å². The van der Waals surface area contributed by atoms with E-state index >= 15 is 0 Å². The predicted octanol–water partition coefficient (Wildman–Crippen LogP) is 9.75. The average molecular weight is 648 g/mol. The monoisotopic (exact) mass is 647 g/mol. The van der Waals surface area contributed by atoms with Gasteiger partial charge in [0.1, 0.15) is 17.2 Å². The maximum Gasteiger partial charge on any atom is 0.573 e. The Hall–Kier alpha value is -4.04. The summed E-state index contributed by atoms with van der Waals surface area (Å²) in [5.41, 5.74) is -4.44. The number of aliphatic hydroxyl groups excluding tert-OH is 1. The molecule has 44 heavy (non-hydrogen) atoms. The Morgan fingerprint density at radius 3 is 1.95 bits per heavy atom. The summed E-state index contributed by atoms with van der Waals surface area (Å²) in [6.07, 6.45) is -10.8. The van der Waals surface area contributed by atoms with Gasteiger partial charge in [-0.3, -0.25) is 0 Å². The number of alkyl halides is 9. The fourth-order valence-corrected chi connectivity index (χ4v) is 4.77. The van der Waals surface area contributed by atoms with Crippen LogP contribution < -0.4 is 14.4 Å². The van der Waals surface area contributed by atoms with E-state index in [1.54, 1.807) is 23.1 Å². The molecule has 0 heterocycles. The second-order valence-corrected chi connectivity index (χ2v) is 10.5. The molecule has 0 amide bonds. The summed E-state index contributed by atoms with van der Waals surface area (Å²) < 4.78 is 125. The van der Waals surface area contributed by atoms with Crippen LogP contribution in [0, 0.1) is 0 Å². The van der Waals surface area contributed by atoms with Crippen LogP contribution in [0.2, 0.25) is 0 Å². The molecule has 4 nitrogen and oxygen atoms in total. The first-order valence-electron chi connectivity index (χ1n) is 12.6. The maximum atomic E-state index is 13.0. The molecule has 0 aliphatic rings. The van der Waals surface area contributed by atoms with Crippen molar-refractivity contribution in [3.63, 3.8) is 0 Å². The largest absolute Gasteiger partial charge is 0.573 e. The number of hydrogen-bond acceptors (Lipinski definition) is 5. The van der Waals surface area contributed by atoms with E-state index in [9.17, 15) is 44.6 Å². The topological polar surface area (TPSA) is 41.9 Å². The zero-order valence-corrected chi connectivity index (χ0v) is 23.1. The molecular formula is C30H22F9NO3S.